The predicted octanol–water partition coefficient (Wildman–Crippen LogP) is 4.25. The standard InChI is InChI=1S/C20H23NO2/c1-20-8-7-16-15-6-4-14(22-2)9-12(15)3-5-17(16)18(20)10-13-11-21-23-19(13)20/h4,6,9,11,16-18H,3,5,7-8,10H2,1-2H3/t16-,17-,18+,20+/m1/s1. The van der Waals surface area contributed by atoms with Gasteiger partial charge in [0, 0.05) is 11.0 Å². The van der Waals surface area contributed by atoms with Crippen molar-refractivity contribution in [2.75, 3.05) is 7.11 Å². The van der Waals surface area contributed by atoms with Crippen LogP contribution in [0.1, 0.15) is 54.6 Å². The van der Waals surface area contributed by atoms with E-state index in [2.05, 4.69) is 30.3 Å². The molecule has 120 valence electrons. The van der Waals surface area contributed by atoms with Crippen molar-refractivity contribution in [3.8, 4) is 5.75 Å². The fourth-order valence-electron chi connectivity index (χ4n) is 5.78. The van der Waals surface area contributed by atoms with Gasteiger partial charge in [0.05, 0.1) is 13.3 Å². The lowest BCUT2D eigenvalue weighted by Gasteiger charge is -2.48. The molecule has 0 spiro atoms. The Labute approximate surface area is 137 Å². The number of aromatic nitrogens is 1. The molecular weight excluding hydrogens is 286 g/mol. The summed E-state index contributed by atoms with van der Waals surface area (Å²) in [6.07, 6.45) is 8.06. The van der Waals surface area contributed by atoms with Crippen LogP contribution >= 0.6 is 0 Å². The Morgan fingerprint density at radius 3 is 3.04 bits per heavy atom. The highest BCUT2D eigenvalue weighted by molar-refractivity contribution is 5.42. The lowest BCUT2D eigenvalue weighted by Crippen LogP contribution is -2.43. The summed E-state index contributed by atoms with van der Waals surface area (Å²) in [4.78, 5) is 0. The molecule has 1 heterocycles. The molecule has 0 saturated heterocycles. The van der Waals surface area contributed by atoms with Gasteiger partial charge in [-0.3, -0.25) is 0 Å². The van der Waals surface area contributed by atoms with Crippen molar-refractivity contribution in [2.45, 2.75) is 50.4 Å². The first-order valence-electron chi connectivity index (χ1n) is 8.81. The maximum atomic E-state index is 5.66. The molecule has 0 bridgehead atoms. The van der Waals surface area contributed by atoms with Gasteiger partial charge in [0.2, 0.25) is 0 Å². The van der Waals surface area contributed by atoms with Gasteiger partial charge < -0.3 is 9.26 Å². The summed E-state index contributed by atoms with van der Waals surface area (Å²) in [5, 5.41) is 4.05. The maximum Gasteiger partial charge on any atom is 0.146 e. The summed E-state index contributed by atoms with van der Waals surface area (Å²) >= 11 is 0. The second kappa shape index (κ2) is 4.62. The van der Waals surface area contributed by atoms with Crippen LogP contribution in [0.4, 0.5) is 0 Å². The largest absolute Gasteiger partial charge is 0.497 e. The number of ether oxygens (including phenoxy) is 1. The first-order chi connectivity index (χ1) is 11.2. The molecule has 0 aliphatic heterocycles. The Hall–Kier alpha value is -1.77. The fraction of sp³-hybridized carbons (Fsp3) is 0.550. The molecule has 3 nitrogen and oxygen atoms in total. The molecule has 5 rings (SSSR count). The van der Waals surface area contributed by atoms with Crippen molar-refractivity contribution < 1.29 is 9.26 Å². The molecule has 3 aliphatic carbocycles. The SMILES string of the molecule is COc1ccc2c(c1)CC[C@@H]1[C@@H]2CC[C@]2(C)c3oncc3C[C@@H]12. The third-order valence-electron chi connectivity index (χ3n) is 6.93. The second-order valence-electron chi connectivity index (χ2n) is 7.82. The van der Waals surface area contributed by atoms with Gasteiger partial charge in [-0.05, 0) is 73.1 Å². The normalized spacial score (nSPS) is 34.3. The predicted molar refractivity (Wildman–Crippen MR) is 87.8 cm³/mol. The molecule has 0 N–H and O–H groups in total. The highest BCUT2D eigenvalue weighted by Crippen LogP contribution is 2.60. The minimum Gasteiger partial charge on any atom is -0.497 e. The fourth-order valence-corrected chi connectivity index (χ4v) is 5.78. The zero-order chi connectivity index (χ0) is 15.6. The molecule has 2 aromatic rings. The van der Waals surface area contributed by atoms with E-state index in [1.165, 1.54) is 42.6 Å². The maximum absolute atomic E-state index is 5.66. The van der Waals surface area contributed by atoms with Crippen LogP contribution in [0.5, 0.6) is 5.75 Å². The van der Waals surface area contributed by atoms with Crippen LogP contribution in [0, 0.1) is 11.8 Å². The third-order valence-corrected chi connectivity index (χ3v) is 6.93. The van der Waals surface area contributed by atoms with Gasteiger partial charge in [-0.1, -0.05) is 18.1 Å². The molecule has 0 unspecified atom stereocenters. The van der Waals surface area contributed by atoms with Crippen LogP contribution in [0.15, 0.2) is 28.9 Å². The minimum atomic E-state index is 0.205. The van der Waals surface area contributed by atoms with E-state index in [9.17, 15) is 0 Å². The summed E-state index contributed by atoms with van der Waals surface area (Å²) in [6.45, 7) is 2.41. The number of hydrogen-bond acceptors (Lipinski definition) is 3. The minimum absolute atomic E-state index is 0.205. The van der Waals surface area contributed by atoms with Gasteiger partial charge in [-0.15, -0.1) is 0 Å². The first kappa shape index (κ1) is 13.6. The number of methoxy groups -OCH3 is 1. The van der Waals surface area contributed by atoms with Gasteiger partial charge in [-0.2, -0.15) is 0 Å². The Bertz CT molecular complexity index is 765. The van der Waals surface area contributed by atoms with Crippen molar-refractivity contribution in [1.29, 1.82) is 0 Å². The zero-order valence-electron chi connectivity index (χ0n) is 13.8. The van der Waals surface area contributed by atoms with E-state index in [-0.39, 0.29) is 5.41 Å². The molecule has 4 atom stereocenters. The highest BCUT2D eigenvalue weighted by atomic mass is 16.5. The molecule has 1 aromatic heterocycles. The van der Waals surface area contributed by atoms with Crippen molar-refractivity contribution >= 4 is 0 Å². The van der Waals surface area contributed by atoms with Crippen LogP contribution in [0.3, 0.4) is 0 Å². The number of fused-ring (bicyclic) bond motifs is 7. The number of hydrogen-bond donors (Lipinski definition) is 0. The van der Waals surface area contributed by atoms with Gasteiger partial charge in [0.1, 0.15) is 11.5 Å². The van der Waals surface area contributed by atoms with Crippen LogP contribution in [0.2, 0.25) is 0 Å². The van der Waals surface area contributed by atoms with E-state index in [1.54, 1.807) is 12.7 Å². The Morgan fingerprint density at radius 2 is 2.17 bits per heavy atom. The molecule has 0 radical (unpaired) electrons. The smallest absolute Gasteiger partial charge is 0.146 e. The Kier molecular flexibility index (Phi) is 2.74. The molecule has 3 heteroatoms. The number of benzene rings is 1. The topological polar surface area (TPSA) is 35.3 Å². The number of rotatable bonds is 1. The highest BCUT2D eigenvalue weighted by Gasteiger charge is 2.55. The molecule has 23 heavy (non-hydrogen) atoms. The summed E-state index contributed by atoms with van der Waals surface area (Å²) in [6, 6.07) is 6.71. The van der Waals surface area contributed by atoms with Crippen molar-refractivity contribution in [3.05, 3.63) is 46.8 Å². The van der Waals surface area contributed by atoms with E-state index in [4.69, 9.17) is 9.26 Å². The average Bonchev–Trinajstić information content (AvgIpc) is 3.15. The van der Waals surface area contributed by atoms with Crippen molar-refractivity contribution in [2.24, 2.45) is 11.8 Å². The van der Waals surface area contributed by atoms with E-state index in [1.807, 2.05) is 6.20 Å². The molecule has 1 aromatic carbocycles. The Balaban J connectivity index is 1.53. The van der Waals surface area contributed by atoms with Gasteiger partial charge in [-0.25, -0.2) is 0 Å². The zero-order valence-corrected chi connectivity index (χ0v) is 13.8. The van der Waals surface area contributed by atoms with E-state index >= 15 is 0 Å². The lowest BCUT2D eigenvalue weighted by atomic mass is 9.55. The van der Waals surface area contributed by atoms with Gasteiger partial charge in [0.25, 0.3) is 0 Å². The van der Waals surface area contributed by atoms with Crippen LogP contribution in [-0.2, 0) is 18.3 Å². The van der Waals surface area contributed by atoms with Crippen LogP contribution in [0.25, 0.3) is 0 Å². The van der Waals surface area contributed by atoms with E-state index < -0.39 is 0 Å². The van der Waals surface area contributed by atoms with Crippen molar-refractivity contribution in [3.63, 3.8) is 0 Å². The molecular formula is C20H23NO2. The molecule has 1 fully saturated rings. The van der Waals surface area contributed by atoms with Crippen LogP contribution in [-0.4, -0.2) is 12.3 Å². The summed E-state index contributed by atoms with van der Waals surface area (Å²) in [5.74, 6) is 4.38. The molecule has 3 aliphatic rings. The van der Waals surface area contributed by atoms with E-state index in [0.29, 0.717) is 11.8 Å². The van der Waals surface area contributed by atoms with Crippen molar-refractivity contribution in [1.82, 2.24) is 5.16 Å². The van der Waals surface area contributed by atoms with Crippen LogP contribution < -0.4 is 4.74 Å². The summed E-state index contributed by atoms with van der Waals surface area (Å²) < 4.78 is 11.1. The third kappa shape index (κ3) is 1.74. The number of aryl methyl sites for hydroxylation is 1. The summed E-state index contributed by atoms with van der Waals surface area (Å²) in [5.41, 5.74) is 4.65. The summed E-state index contributed by atoms with van der Waals surface area (Å²) in [7, 11) is 1.76. The Morgan fingerprint density at radius 1 is 1.26 bits per heavy atom. The molecule has 0 amide bonds. The lowest BCUT2D eigenvalue weighted by molar-refractivity contribution is 0.0872. The first-order valence-corrected chi connectivity index (χ1v) is 8.81. The average molecular weight is 309 g/mol. The molecule has 1 saturated carbocycles. The number of nitrogens with zero attached hydrogens (tertiary/aromatic N) is 1. The quantitative estimate of drug-likeness (QED) is 0.790. The van der Waals surface area contributed by atoms with E-state index in [0.717, 1.165) is 18.1 Å². The van der Waals surface area contributed by atoms with Gasteiger partial charge in [0.15, 0.2) is 0 Å². The van der Waals surface area contributed by atoms with Gasteiger partial charge >= 0.3 is 0 Å². The monoisotopic (exact) mass is 309 g/mol. The second-order valence-corrected chi connectivity index (χ2v) is 7.82.